The Morgan fingerprint density at radius 2 is 2.04 bits per heavy atom. The molecule has 6 nitrogen and oxygen atoms in total. The number of nitrogens with one attached hydrogen (secondary N) is 2. The molecule has 0 unspecified atom stereocenters. The number of rotatable bonds is 4. The Bertz CT molecular complexity index is 849. The van der Waals surface area contributed by atoms with Crippen molar-refractivity contribution in [2.75, 3.05) is 0 Å². The second kappa shape index (κ2) is 7.01. The molecule has 1 heterocycles. The smallest absolute Gasteiger partial charge is 0.388 e. The van der Waals surface area contributed by atoms with Gasteiger partial charge in [-0.05, 0) is 24.6 Å². The predicted octanol–water partition coefficient (Wildman–Crippen LogP) is 1.91. The van der Waals surface area contributed by atoms with Crippen LogP contribution in [0.25, 0.3) is 0 Å². The van der Waals surface area contributed by atoms with Crippen molar-refractivity contribution in [3.05, 3.63) is 63.1 Å². The van der Waals surface area contributed by atoms with Crippen LogP contribution >= 0.6 is 0 Å². The molecule has 0 aliphatic heterocycles. The van der Waals surface area contributed by atoms with Crippen molar-refractivity contribution in [2.45, 2.75) is 25.7 Å². The number of hydrogen-bond acceptors (Lipinski definition) is 4. The molecular weight excluding hydrogens is 346 g/mol. The fourth-order valence-corrected chi connectivity index (χ4v) is 2.08. The first-order chi connectivity index (χ1) is 11.6. The van der Waals surface area contributed by atoms with E-state index in [4.69, 9.17) is 5.11 Å². The topological polar surface area (TPSA) is 95.1 Å². The molecule has 0 saturated heterocycles. The fraction of sp³-hybridized carbons (Fsp3) is 0.267. The van der Waals surface area contributed by atoms with Crippen LogP contribution in [0.15, 0.2) is 29.1 Å². The maximum Gasteiger partial charge on any atom is 0.419 e. The number of aromatic nitrogens is 2. The number of hydrogen-bond donors (Lipinski definition) is 3. The Hall–Kier alpha value is -2.75. The molecular formula is C15H13F4N3O3. The quantitative estimate of drug-likeness (QED) is 0.727. The third-order valence-electron chi connectivity index (χ3n) is 3.32. The highest BCUT2D eigenvalue weighted by atomic mass is 19.4. The molecule has 0 aliphatic carbocycles. The van der Waals surface area contributed by atoms with E-state index in [1.165, 1.54) is 6.92 Å². The van der Waals surface area contributed by atoms with Gasteiger partial charge in [0, 0.05) is 6.07 Å². The lowest BCUT2D eigenvalue weighted by molar-refractivity contribution is -0.140. The Morgan fingerprint density at radius 1 is 1.36 bits per heavy atom. The number of nitrogens with zero attached hydrogens (tertiary/aromatic N) is 1. The normalized spacial score (nSPS) is 12.7. The molecule has 1 aromatic carbocycles. The Labute approximate surface area is 138 Å². The van der Waals surface area contributed by atoms with Gasteiger partial charge in [-0.25, -0.2) is 9.37 Å². The SMILES string of the molecule is C[C@@H](NC(=O)c1cc(=O)[nH]c(CO)n1)c1ccc(C(F)(F)F)c(F)c1. The summed E-state index contributed by atoms with van der Waals surface area (Å²) < 4.78 is 51.3. The zero-order valence-electron chi connectivity index (χ0n) is 12.8. The van der Waals surface area contributed by atoms with E-state index in [9.17, 15) is 27.2 Å². The predicted molar refractivity (Wildman–Crippen MR) is 78.1 cm³/mol. The Morgan fingerprint density at radius 3 is 2.60 bits per heavy atom. The van der Waals surface area contributed by atoms with Crippen LogP contribution in [0.3, 0.4) is 0 Å². The molecule has 0 fully saturated rings. The number of halogens is 4. The van der Waals surface area contributed by atoms with Gasteiger partial charge in [0.25, 0.3) is 11.5 Å². The first kappa shape index (κ1) is 18.6. The van der Waals surface area contributed by atoms with Crippen molar-refractivity contribution >= 4 is 5.91 Å². The Balaban J connectivity index is 2.21. The molecule has 1 amide bonds. The summed E-state index contributed by atoms with van der Waals surface area (Å²) in [4.78, 5) is 29.4. The number of aliphatic hydroxyl groups is 1. The van der Waals surface area contributed by atoms with E-state index >= 15 is 0 Å². The summed E-state index contributed by atoms with van der Waals surface area (Å²) in [5, 5.41) is 11.3. The summed E-state index contributed by atoms with van der Waals surface area (Å²) in [6, 6.07) is 2.36. The van der Waals surface area contributed by atoms with Crippen LogP contribution in [-0.2, 0) is 12.8 Å². The van der Waals surface area contributed by atoms with Crippen LogP contribution in [0.4, 0.5) is 17.6 Å². The van der Waals surface area contributed by atoms with Gasteiger partial charge in [-0.15, -0.1) is 0 Å². The van der Waals surface area contributed by atoms with E-state index in [-0.39, 0.29) is 17.1 Å². The van der Waals surface area contributed by atoms with E-state index in [0.29, 0.717) is 12.1 Å². The summed E-state index contributed by atoms with van der Waals surface area (Å²) in [6.07, 6.45) is -4.81. The second-order valence-corrected chi connectivity index (χ2v) is 5.17. The third-order valence-corrected chi connectivity index (χ3v) is 3.32. The van der Waals surface area contributed by atoms with Gasteiger partial charge in [0.05, 0.1) is 11.6 Å². The van der Waals surface area contributed by atoms with Crippen LogP contribution in [0.1, 0.15) is 40.4 Å². The molecule has 134 valence electrons. The average molecular weight is 359 g/mol. The molecule has 0 radical (unpaired) electrons. The lowest BCUT2D eigenvalue weighted by Gasteiger charge is -2.16. The number of aliphatic hydroxyl groups excluding tert-OH is 1. The maximum absolute atomic E-state index is 13.6. The van der Waals surface area contributed by atoms with Crippen molar-refractivity contribution in [1.29, 1.82) is 0 Å². The summed E-state index contributed by atoms with van der Waals surface area (Å²) in [7, 11) is 0. The first-order valence-corrected chi connectivity index (χ1v) is 7.00. The van der Waals surface area contributed by atoms with Crippen LogP contribution in [0.2, 0.25) is 0 Å². The highest BCUT2D eigenvalue weighted by Gasteiger charge is 2.34. The van der Waals surface area contributed by atoms with Crippen molar-refractivity contribution in [1.82, 2.24) is 15.3 Å². The van der Waals surface area contributed by atoms with Gasteiger partial charge in [-0.1, -0.05) is 6.07 Å². The lowest BCUT2D eigenvalue weighted by atomic mass is 10.0. The molecule has 1 aromatic heterocycles. The molecule has 0 saturated carbocycles. The Kier molecular flexibility index (Phi) is 5.21. The van der Waals surface area contributed by atoms with E-state index in [0.717, 1.165) is 12.1 Å². The van der Waals surface area contributed by atoms with Gasteiger partial charge in [0.15, 0.2) is 0 Å². The highest BCUT2D eigenvalue weighted by molar-refractivity contribution is 5.92. The number of benzene rings is 1. The zero-order chi connectivity index (χ0) is 18.8. The van der Waals surface area contributed by atoms with Crippen molar-refractivity contribution in [2.24, 2.45) is 0 Å². The van der Waals surface area contributed by atoms with E-state index in [1.807, 2.05) is 0 Å². The number of amides is 1. The summed E-state index contributed by atoms with van der Waals surface area (Å²) in [6.45, 7) is 0.843. The monoisotopic (exact) mass is 359 g/mol. The third kappa shape index (κ3) is 4.41. The van der Waals surface area contributed by atoms with Crippen molar-refractivity contribution in [3.8, 4) is 0 Å². The molecule has 0 spiro atoms. The number of carbonyl (C=O) groups excluding carboxylic acids is 1. The summed E-state index contributed by atoms with van der Waals surface area (Å²) >= 11 is 0. The van der Waals surface area contributed by atoms with E-state index in [2.05, 4.69) is 15.3 Å². The van der Waals surface area contributed by atoms with Gasteiger partial charge in [-0.2, -0.15) is 13.2 Å². The largest absolute Gasteiger partial charge is 0.419 e. The standard InChI is InChI=1S/C15H13F4N3O3/c1-7(8-2-3-9(10(16)4-8)15(17,18)19)20-14(25)11-5-13(24)22-12(6-23)21-11/h2-5,7,23H,6H2,1H3,(H,20,25)(H,21,22,24)/t7-/m1/s1. The van der Waals surface area contributed by atoms with E-state index in [1.54, 1.807) is 0 Å². The molecule has 0 bridgehead atoms. The molecule has 1 atom stereocenters. The number of aromatic amines is 1. The number of carbonyl (C=O) groups is 1. The molecule has 2 rings (SSSR count). The fourth-order valence-electron chi connectivity index (χ4n) is 2.08. The molecule has 2 aromatic rings. The number of H-pyrrole nitrogens is 1. The maximum atomic E-state index is 13.6. The minimum absolute atomic E-state index is 0.103. The minimum Gasteiger partial charge on any atom is -0.388 e. The van der Waals surface area contributed by atoms with Gasteiger partial charge in [-0.3, -0.25) is 9.59 Å². The second-order valence-electron chi connectivity index (χ2n) is 5.17. The van der Waals surface area contributed by atoms with Gasteiger partial charge in [0.2, 0.25) is 0 Å². The van der Waals surface area contributed by atoms with Crippen LogP contribution in [-0.4, -0.2) is 21.0 Å². The molecule has 10 heteroatoms. The zero-order valence-corrected chi connectivity index (χ0v) is 12.8. The first-order valence-electron chi connectivity index (χ1n) is 7.00. The molecule has 0 aliphatic rings. The van der Waals surface area contributed by atoms with Crippen molar-refractivity contribution in [3.63, 3.8) is 0 Å². The van der Waals surface area contributed by atoms with Gasteiger partial charge < -0.3 is 15.4 Å². The van der Waals surface area contributed by atoms with Crippen LogP contribution in [0.5, 0.6) is 0 Å². The van der Waals surface area contributed by atoms with E-state index < -0.39 is 41.7 Å². The lowest BCUT2D eigenvalue weighted by Crippen LogP contribution is -2.29. The van der Waals surface area contributed by atoms with Gasteiger partial charge in [0.1, 0.15) is 23.9 Å². The highest BCUT2D eigenvalue weighted by Crippen LogP contribution is 2.32. The van der Waals surface area contributed by atoms with Crippen LogP contribution < -0.4 is 10.9 Å². The van der Waals surface area contributed by atoms with Crippen molar-refractivity contribution < 1.29 is 27.5 Å². The summed E-state index contributed by atoms with van der Waals surface area (Å²) in [5.74, 6) is -2.37. The summed E-state index contributed by atoms with van der Waals surface area (Å²) in [5.41, 5.74) is -2.24. The molecule has 25 heavy (non-hydrogen) atoms. The number of alkyl halides is 3. The van der Waals surface area contributed by atoms with Gasteiger partial charge >= 0.3 is 6.18 Å². The molecule has 3 N–H and O–H groups in total. The minimum atomic E-state index is -4.81. The average Bonchev–Trinajstić information content (AvgIpc) is 2.52. The van der Waals surface area contributed by atoms with Crippen LogP contribution in [0, 0.1) is 5.82 Å².